The maximum Gasteiger partial charge on any atom is 0.273 e. The van der Waals surface area contributed by atoms with Crippen LogP contribution in [0.1, 0.15) is 51.0 Å². The van der Waals surface area contributed by atoms with Crippen molar-refractivity contribution in [3.8, 4) is 0 Å². The summed E-state index contributed by atoms with van der Waals surface area (Å²) in [7, 11) is 0. The number of piperidine rings is 1. The Labute approximate surface area is 153 Å². The van der Waals surface area contributed by atoms with E-state index in [1.165, 1.54) is 11.3 Å². The monoisotopic (exact) mass is 358 g/mol. The molecule has 3 rings (SSSR count). The van der Waals surface area contributed by atoms with Crippen LogP contribution in [0.2, 0.25) is 0 Å². The minimum absolute atomic E-state index is 0.00705. The van der Waals surface area contributed by atoms with Gasteiger partial charge in [0.2, 0.25) is 0 Å². The Morgan fingerprint density at radius 1 is 1.16 bits per heavy atom. The predicted molar refractivity (Wildman–Crippen MR) is 104 cm³/mol. The molecule has 0 radical (unpaired) electrons. The quantitative estimate of drug-likeness (QED) is 0.775. The second-order valence-electron chi connectivity index (χ2n) is 7.99. The Hall–Kier alpha value is -1.92. The molecular weight excluding hydrogens is 332 g/mol. The molecule has 5 nitrogen and oxygen atoms in total. The van der Waals surface area contributed by atoms with Crippen LogP contribution in [-0.4, -0.2) is 28.0 Å². The fraction of sp³-hybridized carbons (Fsp3) is 0.474. The molecule has 2 heterocycles. The van der Waals surface area contributed by atoms with Crippen molar-refractivity contribution in [2.45, 2.75) is 57.7 Å². The second kappa shape index (κ2) is 6.77. The Morgan fingerprint density at radius 2 is 1.80 bits per heavy atom. The summed E-state index contributed by atoms with van der Waals surface area (Å²) < 4.78 is 0. The summed E-state index contributed by atoms with van der Waals surface area (Å²) in [6.07, 6.45) is 1.79. The summed E-state index contributed by atoms with van der Waals surface area (Å²) in [5.74, 6) is -0.113. The van der Waals surface area contributed by atoms with E-state index in [4.69, 9.17) is 0 Å². The fourth-order valence-electron chi connectivity index (χ4n) is 3.83. The zero-order chi connectivity index (χ0) is 18.1. The molecule has 1 aromatic heterocycles. The number of thiazole rings is 1. The molecule has 1 saturated heterocycles. The molecule has 2 aromatic rings. The molecule has 0 spiro atoms. The molecule has 1 fully saturated rings. The highest BCUT2D eigenvalue weighted by Crippen LogP contribution is 2.30. The summed E-state index contributed by atoms with van der Waals surface area (Å²) in [6, 6.07) is 9.96. The largest absolute Gasteiger partial charge is 0.348 e. The first-order chi connectivity index (χ1) is 11.7. The van der Waals surface area contributed by atoms with Crippen LogP contribution in [0, 0.1) is 0 Å². The van der Waals surface area contributed by atoms with Crippen molar-refractivity contribution in [2.75, 3.05) is 5.32 Å². The van der Waals surface area contributed by atoms with Crippen LogP contribution in [0.25, 0.3) is 0 Å². The van der Waals surface area contributed by atoms with Gasteiger partial charge in [-0.2, -0.15) is 0 Å². The average molecular weight is 359 g/mol. The van der Waals surface area contributed by atoms with Gasteiger partial charge in [-0.3, -0.25) is 4.79 Å². The predicted octanol–water partition coefficient (Wildman–Crippen LogP) is 3.93. The third kappa shape index (κ3) is 4.58. The molecule has 1 aromatic carbocycles. The molecule has 1 aliphatic heterocycles. The highest BCUT2D eigenvalue weighted by atomic mass is 32.1. The molecule has 3 N–H and O–H groups in total. The lowest BCUT2D eigenvalue weighted by molar-refractivity contribution is 0.0870. The van der Waals surface area contributed by atoms with Gasteiger partial charge in [0.05, 0.1) is 5.51 Å². The van der Waals surface area contributed by atoms with E-state index in [2.05, 4.69) is 48.6 Å². The van der Waals surface area contributed by atoms with Crippen LogP contribution in [0.4, 0.5) is 10.7 Å². The van der Waals surface area contributed by atoms with E-state index in [-0.39, 0.29) is 23.0 Å². The highest BCUT2D eigenvalue weighted by molar-refractivity contribution is 7.14. The number of anilines is 2. The van der Waals surface area contributed by atoms with E-state index in [0.29, 0.717) is 5.69 Å². The van der Waals surface area contributed by atoms with E-state index in [1.54, 1.807) is 5.51 Å². The van der Waals surface area contributed by atoms with Crippen molar-refractivity contribution in [2.24, 2.45) is 0 Å². The minimum Gasteiger partial charge on any atom is -0.348 e. The molecule has 1 aliphatic rings. The number of nitrogens with zero attached hydrogens (tertiary/aromatic N) is 1. The van der Waals surface area contributed by atoms with Crippen molar-refractivity contribution >= 4 is 27.9 Å². The fourth-order valence-corrected chi connectivity index (χ4v) is 4.52. The van der Waals surface area contributed by atoms with E-state index in [9.17, 15) is 4.79 Å². The molecule has 25 heavy (non-hydrogen) atoms. The number of hydrogen-bond donors (Lipinski definition) is 3. The molecule has 0 aliphatic carbocycles. The smallest absolute Gasteiger partial charge is 0.273 e. The first-order valence-electron chi connectivity index (χ1n) is 8.60. The number of amides is 1. The van der Waals surface area contributed by atoms with Crippen LogP contribution >= 0.6 is 11.3 Å². The van der Waals surface area contributed by atoms with E-state index in [1.807, 2.05) is 30.3 Å². The molecule has 1 amide bonds. The number of para-hydroxylation sites is 1. The van der Waals surface area contributed by atoms with Gasteiger partial charge in [-0.05, 0) is 52.7 Å². The van der Waals surface area contributed by atoms with Crippen LogP contribution in [-0.2, 0) is 0 Å². The van der Waals surface area contributed by atoms with E-state index in [0.717, 1.165) is 23.5 Å². The topological polar surface area (TPSA) is 66.0 Å². The Balaban J connectivity index is 1.71. The standard InChI is InChI=1S/C19H26N4OS/c1-18(2)10-14(11-19(3,4)23-18)21-16(24)15-17(25-12-20-15)22-13-8-6-5-7-9-13/h5-9,12,14,22-23H,10-11H2,1-4H3,(H,21,24). The molecule has 6 heteroatoms. The zero-order valence-electron chi connectivity index (χ0n) is 15.2. The number of benzene rings is 1. The maximum atomic E-state index is 12.8. The van der Waals surface area contributed by atoms with Crippen LogP contribution in [0.5, 0.6) is 0 Å². The summed E-state index contributed by atoms with van der Waals surface area (Å²) >= 11 is 1.44. The molecule has 0 atom stereocenters. The minimum atomic E-state index is -0.113. The number of carbonyl (C=O) groups excluding carboxylic acids is 1. The Bertz CT molecular complexity index is 723. The summed E-state index contributed by atoms with van der Waals surface area (Å²) in [4.78, 5) is 17.1. The van der Waals surface area contributed by atoms with Gasteiger partial charge in [0, 0.05) is 22.8 Å². The number of nitrogens with one attached hydrogen (secondary N) is 3. The SMILES string of the molecule is CC1(C)CC(NC(=O)c2ncsc2Nc2ccccc2)CC(C)(C)N1. The molecule has 0 saturated carbocycles. The number of hydrogen-bond acceptors (Lipinski definition) is 5. The van der Waals surface area contributed by atoms with Crippen LogP contribution in [0.3, 0.4) is 0 Å². The summed E-state index contributed by atoms with van der Waals surface area (Å²) in [5.41, 5.74) is 3.10. The number of carbonyl (C=O) groups is 1. The number of aromatic nitrogens is 1. The van der Waals surface area contributed by atoms with Crippen molar-refractivity contribution in [3.05, 3.63) is 41.5 Å². The molecule has 0 bridgehead atoms. The Morgan fingerprint density at radius 3 is 2.44 bits per heavy atom. The van der Waals surface area contributed by atoms with E-state index < -0.39 is 0 Å². The molecular formula is C19H26N4OS. The van der Waals surface area contributed by atoms with Gasteiger partial charge < -0.3 is 16.0 Å². The first-order valence-corrected chi connectivity index (χ1v) is 9.48. The van der Waals surface area contributed by atoms with Gasteiger partial charge in [-0.1, -0.05) is 18.2 Å². The van der Waals surface area contributed by atoms with Gasteiger partial charge in [-0.15, -0.1) is 11.3 Å². The summed E-state index contributed by atoms with van der Waals surface area (Å²) in [5, 5.41) is 10.9. The average Bonchev–Trinajstić information content (AvgIpc) is 2.93. The van der Waals surface area contributed by atoms with Crippen molar-refractivity contribution in [1.29, 1.82) is 0 Å². The van der Waals surface area contributed by atoms with Crippen molar-refractivity contribution < 1.29 is 4.79 Å². The lowest BCUT2D eigenvalue weighted by atomic mass is 9.79. The van der Waals surface area contributed by atoms with Crippen molar-refractivity contribution in [1.82, 2.24) is 15.6 Å². The van der Waals surface area contributed by atoms with Crippen LogP contribution < -0.4 is 16.0 Å². The Kier molecular flexibility index (Phi) is 4.84. The summed E-state index contributed by atoms with van der Waals surface area (Å²) in [6.45, 7) is 8.72. The van der Waals surface area contributed by atoms with Gasteiger partial charge >= 0.3 is 0 Å². The van der Waals surface area contributed by atoms with Gasteiger partial charge in [0.1, 0.15) is 5.00 Å². The van der Waals surface area contributed by atoms with Gasteiger partial charge in [0.25, 0.3) is 5.91 Å². The lowest BCUT2D eigenvalue weighted by Crippen LogP contribution is -2.62. The number of rotatable bonds is 4. The van der Waals surface area contributed by atoms with Gasteiger partial charge in [-0.25, -0.2) is 4.98 Å². The molecule has 0 unspecified atom stereocenters. The van der Waals surface area contributed by atoms with E-state index >= 15 is 0 Å². The normalized spacial score (nSPS) is 19.4. The third-order valence-electron chi connectivity index (χ3n) is 4.34. The first kappa shape index (κ1) is 17.9. The second-order valence-corrected chi connectivity index (χ2v) is 8.85. The zero-order valence-corrected chi connectivity index (χ0v) is 16.0. The van der Waals surface area contributed by atoms with Crippen molar-refractivity contribution in [3.63, 3.8) is 0 Å². The van der Waals surface area contributed by atoms with Crippen LogP contribution in [0.15, 0.2) is 35.8 Å². The molecule has 134 valence electrons. The van der Waals surface area contributed by atoms with Gasteiger partial charge in [0.15, 0.2) is 5.69 Å². The highest BCUT2D eigenvalue weighted by Gasteiger charge is 2.38. The third-order valence-corrected chi connectivity index (χ3v) is 5.08. The maximum absolute atomic E-state index is 12.8. The lowest BCUT2D eigenvalue weighted by Gasteiger charge is -2.46.